The zero-order chi connectivity index (χ0) is 12.4. The summed E-state index contributed by atoms with van der Waals surface area (Å²) in [6.07, 6.45) is 0. The number of hydrogen-bond donors (Lipinski definition) is 1. The Kier molecular flexibility index (Phi) is 3.44. The van der Waals surface area contributed by atoms with Gasteiger partial charge in [-0.2, -0.15) is 0 Å². The van der Waals surface area contributed by atoms with Gasteiger partial charge in [0, 0.05) is 11.9 Å². The highest BCUT2D eigenvalue weighted by Crippen LogP contribution is 2.29. The van der Waals surface area contributed by atoms with Crippen molar-refractivity contribution in [2.45, 2.75) is 23.6 Å². The molecule has 0 saturated carbocycles. The summed E-state index contributed by atoms with van der Waals surface area (Å²) in [7, 11) is 1.86. The van der Waals surface area contributed by atoms with Gasteiger partial charge in [0.15, 0.2) is 5.16 Å². The van der Waals surface area contributed by atoms with Crippen molar-refractivity contribution >= 4 is 11.8 Å². The lowest BCUT2D eigenvalue weighted by Gasteiger charge is -2.06. The van der Waals surface area contributed by atoms with Crippen molar-refractivity contribution in [3.8, 4) is 0 Å². The third-order valence-corrected chi connectivity index (χ3v) is 3.60. The summed E-state index contributed by atoms with van der Waals surface area (Å²) >= 11 is 1.36. The number of halogens is 1. The van der Waals surface area contributed by atoms with Crippen LogP contribution in [-0.2, 0) is 13.7 Å². The molecule has 0 spiro atoms. The molecule has 0 aliphatic heterocycles. The van der Waals surface area contributed by atoms with E-state index in [0.717, 1.165) is 10.7 Å². The second-order valence-electron chi connectivity index (χ2n) is 3.60. The molecular weight excluding hydrogens is 241 g/mol. The zero-order valence-corrected chi connectivity index (χ0v) is 10.3. The highest BCUT2D eigenvalue weighted by Gasteiger charge is 2.10. The molecule has 4 nitrogen and oxygen atoms in total. The van der Waals surface area contributed by atoms with Crippen LogP contribution in [0.5, 0.6) is 0 Å². The Balaban J connectivity index is 2.33. The van der Waals surface area contributed by atoms with E-state index in [2.05, 4.69) is 10.2 Å². The van der Waals surface area contributed by atoms with Gasteiger partial charge in [-0.1, -0.05) is 0 Å². The number of hydrogen-bond acceptors (Lipinski definition) is 4. The topological polar surface area (TPSA) is 50.9 Å². The van der Waals surface area contributed by atoms with Crippen molar-refractivity contribution in [3.63, 3.8) is 0 Å². The molecule has 1 aromatic carbocycles. The van der Waals surface area contributed by atoms with Crippen molar-refractivity contribution in [2.75, 3.05) is 0 Å². The van der Waals surface area contributed by atoms with Gasteiger partial charge in [0.25, 0.3) is 0 Å². The first-order valence-electron chi connectivity index (χ1n) is 5.05. The average molecular weight is 253 g/mol. The summed E-state index contributed by atoms with van der Waals surface area (Å²) < 4.78 is 14.8. The highest BCUT2D eigenvalue weighted by molar-refractivity contribution is 7.99. The van der Waals surface area contributed by atoms with E-state index in [1.54, 1.807) is 6.07 Å². The molecule has 1 heterocycles. The maximum Gasteiger partial charge on any atom is 0.195 e. The third-order valence-electron chi connectivity index (χ3n) is 2.45. The standard InChI is InChI=1S/C11H12FN3OS/c1-7-13-14-11(15(7)2)17-10-4-3-9(12)5-8(10)6-16/h3-5,16H,6H2,1-2H3. The molecule has 2 rings (SSSR count). The fourth-order valence-corrected chi connectivity index (χ4v) is 2.28. The molecule has 0 unspecified atom stereocenters. The van der Waals surface area contributed by atoms with Crippen LogP contribution in [-0.4, -0.2) is 19.9 Å². The molecule has 0 aliphatic carbocycles. The van der Waals surface area contributed by atoms with Crippen molar-refractivity contribution in [2.24, 2.45) is 7.05 Å². The average Bonchev–Trinajstić information content (AvgIpc) is 2.63. The smallest absolute Gasteiger partial charge is 0.195 e. The summed E-state index contributed by atoms with van der Waals surface area (Å²) in [5.41, 5.74) is 0.552. The van der Waals surface area contributed by atoms with Gasteiger partial charge in [0.1, 0.15) is 11.6 Å². The third kappa shape index (κ3) is 2.48. The first-order chi connectivity index (χ1) is 8.11. The summed E-state index contributed by atoms with van der Waals surface area (Å²) in [5, 5.41) is 17.8. The fourth-order valence-electron chi connectivity index (χ4n) is 1.35. The first kappa shape index (κ1) is 12.1. The Morgan fingerprint density at radius 2 is 2.18 bits per heavy atom. The monoisotopic (exact) mass is 253 g/mol. The van der Waals surface area contributed by atoms with Crippen molar-refractivity contribution in [1.29, 1.82) is 0 Å². The number of aromatic nitrogens is 3. The maximum atomic E-state index is 13.0. The summed E-state index contributed by atoms with van der Waals surface area (Å²) in [6.45, 7) is 1.66. The van der Waals surface area contributed by atoms with Crippen molar-refractivity contribution in [1.82, 2.24) is 14.8 Å². The first-order valence-corrected chi connectivity index (χ1v) is 5.86. The lowest BCUT2D eigenvalue weighted by atomic mass is 10.2. The largest absolute Gasteiger partial charge is 0.392 e. The minimum absolute atomic E-state index is 0.197. The van der Waals surface area contributed by atoms with Gasteiger partial charge in [-0.05, 0) is 42.4 Å². The number of aliphatic hydroxyl groups is 1. The minimum atomic E-state index is -0.354. The summed E-state index contributed by atoms with van der Waals surface area (Å²) in [6, 6.07) is 4.33. The molecule has 0 fully saturated rings. The number of aryl methyl sites for hydroxylation is 1. The van der Waals surface area contributed by atoms with E-state index >= 15 is 0 Å². The number of benzene rings is 1. The van der Waals surface area contributed by atoms with E-state index in [-0.39, 0.29) is 12.4 Å². The van der Waals surface area contributed by atoms with Crippen LogP contribution in [0.25, 0.3) is 0 Å². The van der Waals surface area contributed by atoms with Gasteiger partial charge in [-0.3, -0.25) is 0 Å². The van der Waals surface area contributed by atoms with E-state index in [9.17, 15) is 9.50 Å². The van der Waals surface area contributed by atoms with Gasteiger partial charge in [0.05, 0.1) is 6.61 Å². The van der Waals surface area contributed by atoms with Gasteiger partial charge in [-0.15, -0.1) is 10.2 Å². The Bertz CT molecular complexity index is 542. The van der Waals surface area contributed by atoms with Crippen LogP contribution < -0.4 is 0 Å². The molecular formula is C11H12FN3OS. The second kappa shape index (κ2) is 4.85. The van der Waals surface area contributed by atoms with Gasteiger partial charge < -0.3 is 9.67 Å². The van der Waals surface area contributed by atoms with E-state index in [0.29, 0.717) is 10.7 Å². The zero-order valence-electron chi connectivity index (χ0n) is 9.51. The normalized spacial score (nSPS) is 10.8. The van der Waals surface area contributed by atoms with Crippen molar-refractivity contribution in [3.05, 3.63) is 35.4 Å². The second-order valence-corrected chi connectivity index (χ2v) is 4.61. The fraction of sp³-hybridized carbons (Fsp3) is 0.273. The van der Waals surface area contributed by atoms with Crippen LogP contribution in [0.2, 0.25) is 0 Å². The molecule has 1 aromatic heterocycles. The Hall–Kier alpha value is -1.40. The van der Waals surface area contributed by atoms with Crippen molar-refractivity contribution < 1.29 is 9.50 Å². The van der Waals surface area contributed by atoms with E-state index in [1.165, 1.54) is 23.9 Å². The Labute approximate surface area is 102 Å². The van der Waals surface area contributed by atoms with E-state index in [1.807, 2.05) is 18.5 Å². The molecule has 0 amide bonds. The van der Waals surface area contributed by atoms with E-state index in [4.69, 9.17) is 0 Å². The predicted octanol–water partition coefficient (Wildman–Crippen LogP) is 1.91. The summed E-state index contributed by atoms with van der Waals surface area (Å²) in [4.78, 5) is 0.782. The molecule has 2 aromatic rings. The highest BCUT2D eigenvalue weighted by atomic mass is 32.2. The molecule has 0 bridgehead atoms. The van der Waals surface area contributed by atoms with Crippen LogP contribution in [0.4, 0.5) is 4.39 Å². The molecule has 1 N–H and O–H groups in total. The van der Waals surface area contributed by atoms with Crippen LogP contribution in [0, 0.1) is 12.7 Å². The lowest BCUT2D eigenvalue weighted by molar-refractivity contribution is 0.278. The molecule has 0 aliphatic rings. The van der Waals surface area contributed by atoms with Crippen LogP contribution in [0.1, 0.15) is 11.4 Å². The van der Waals surface area contributed by atoms with Gasteiger partial charge >= 0.3 is 0 Å². The van der Waals surface area contributed by atoms with E-state index < -0.39 is 0 Å². The Morgan fingerprint density at radius 3 is 2.76 bits per heavy atom. The summed E-state index contributed by atoms with van der Waals surface area (Å²) in [5.74, 6) is 0.452. The predicted molar refractivity (Wildman–Crippen MR) is 62.2 cm³/mol. The molecule has 17 heavy (non-hydrogen) atoms. The van der Waals surface area contributed by atoms with Crippen LogP contribution >= 0.6 is 11.8 Å². The molecule has 0 radical (unpaired) electrons. The number of rotatable bonds is 3. The van der Waals surface area contributed by atoms with Crippen LogP contribution in [0.15, 0.2) is 28.3 Å². The quantitative estimate of drug-likeness (QED) is 0.907. The van der Waals surface area contributed by atoms with Crippen LogP contribution in [0.3, 0.4) is 0 Å². The number of aliphatic hydroxyl groups excluding tert-OH is 1. The molecule has 90 valence electrons. The molecule has 0 saturated heterocycles. The molecule has 6 heteroatoms. The van der Waals surface area contributed by atoms with Gasteiger partial charge in [-0.25, -0.2) is 4.39 Å². The Morgan fingerprint density at radius 1 is 1.41 bits per heavy atom. The van der Waals surface area contributed by atoms with Gasteiger partial charge in [0.2, 0.25) is 0 Å². The minimum Gasteiger partial charge on any atom is -0.392 e. The molecule has 0 atom stereocenters. The number of nitrogens with zero attached hydrogens (tertiary/aromatic N) is 3. The SMILES string of the molecule is Cc1nnc(Sc2ccc(F)cc2CO)n1C. The lowest BCUT2D eigenvalue weighted by Crippen LogP contribution is -1.95. The maximum absolute atomic E-state index is 13.0.